The van der Waals surface area contributed by atoms with Gasteiger partial charge in [-0.25, -0.2) is 0 Å². The van der Waals surface area contributed by atoms with Crippen LogP contribution in [0.5, 0.6) is 0 Å². The summed E-state index contributed by atoms with van der Waals surface area (Å²) >= 11 is 0. The maximum atomic E-state index is 5.54. The molecule has 0 aromatic carbocycles. The molecule has 0 N–H and O–H groups in total. The third kappa shape index (κ3) is 2.20. The van der Waals surface area contributed by atoms with Crippen molar-refractivity contribution in [3.8, 4) is 0 Å². The zero-order valence-electron chi connectivity index (χ0n) is 8.65. The largest absolute Gasteiger partial charge is 0.379 e. The summed E-state index contributed by atoms with van der Waals surface area (Å²) in [5.74, 6) is 0. The van der Waals surface area contributed by atoms with Gasteiger partial charge in [-0.1, -0.05) is 0 Å². The van der Waals surface area contributed by atoms with Gasteiger partial charge in [0, 0.05) is 21.3 Å². The molecule has 13 heavy (non-hydrogen) atoms. The van der Waals surface area contributed by atoms with Crippen molar-refractivity contribution < 1.29 is 18.9 Å². The lowest BCUT2D eigenvalue weighted by Gasteiger charge is -2.24. The predicted molar refractivity (Wildman–Crippen MR) is 47.8 cm³/mol. The first-order chi connectivity index (χ1) is 6.24. The van der Waals surface area contributed by atoms with Crippen molar-refractivity contribution in [2.45, 2.75) is 31.3 Å². The van der Waals surface area contributed by atoms with Crippen LogP contribution in [-0.4, -0.2) is 52.4 Å². The summed E-state index contributed by atoms with van der Waals surface area (Å²) in [5.41, 5.74) is 0. The molecule has 1 fully saturated rings. The molecule has 4 unspecified atom stereocenters. The Bertz CT molecular complexity index is 151. The van der Waals surface area contributed by atoms with E-state index in [4.69, 9.17) is 18.9 Å². The maximum absolute atomic E-state index is 5.54. The van der Waals surface area contributed by atoms with Gasteiger partial charge in [-0.3, -0.25) is 0 Å². The van der Waals surface area contributed by atoms with Crippen LogP contribution in [0.25, 0.3) is 0 Å². The Morgan fingerprint density at radius 3 is 2.38 bits per heavy atom. The topological polar surface area (TPSA) is 36.9 Å². The van der Waals surface area contributed by atoms with Crippen LogP contribution in [0.15, 0.2) is 0 Å². The van der Waals surface area contributed by atoms with E-state index >= 15 is 0 Å². The summed E-state index contributed by atoms with van der Waals surface area (Å²) in [5, 5.41) is 0. The molecule has 1 heterocycles. The standard InChI is InChI=1S/C9H18O4/c1-6(10-2)8-9(12-4)7(11-3)5-13-8/h6-9H,5H2,1-4H3. The van der Waals surface area contributed by atoms with Gasteiger partial charge in [0.05, 0.1) is 12.7 Å². The Balaban J connectivity index is 2.56. The number of ether oxygens (including phenoxy) is 4. The first-order valence-electron chi connectivity index (χ1n) is 4.44. The highest BCUT2D eigenvalue weighted by Crippen LogP contribution is 2.23. The highest BCUT2D eigenvalue weighted by Gasteiger charge is 2.40. The van der Waals surface area contributed by atoms with Gasteiger partial charge in [-0.05, 0) is 6.92 Å². The van der Waals surface area contributed by atoms with Gasteiger partial charge in [-0.15, -0.1) is 0 Å². The molecular formula is C9H18O4. The van der Waals surface area contributed by atoms with Crippen LogP contribution in [0.4, 0.5) is 0 Å². The molecule has 0 saturated carbocycles. The molecule has 4 heteroatoms. The van der Waals surface area contributed by atoms with Crippen molar-refractivity contribution in [1.29, 1.82) is 0 Å². The quantitative estimate of drug-likeness (QED) is 0.645. The molecule has 78 valence electrons. The number of hydrogen-bond donors (Lipinski definition) is 0. The van der Waals surface area contributed by atoms with E-state index in [0.29, 0.717) is 6.61 Å². The second-order valence-electron chi connectivity index (χ2n) is 3.21. The van der Waals surface area contributed by atoms with Crippen molar-refractivity contribution >= 4 is 0 Å². The fourth-order valence-electron chi connectivity index (χ4n) is 1.63. The normalized spacial score (nSPS) is 36.5. The van der Waals surface area contributed by atoms with Gasteiger partial charge in [-0.2, -0.15) is 0 Å². The lowest BCUT2D eigenvalue weighted by molar-refractivity contribution is -0.0765. The zero-order chi connectivity index (χ0) is 9.84. The lowest BCUT2D eigenvalue weighted by atomic mass is 10.1. The molecule has 4 nitrogen and oxygen atoms in total. The van der Waals surface area contributed by atoms with Crippen LogP contribution >= 0.6 is 0 Å². The van der Waals surface area contributed by atoms with E-state index in [-0.39, 0.29) is 24.4 Å². The van der Waals surface area contributed by atoms with Crippen molar-refractivity contribution in [1.82, 2.24) is 0 Å². The Morgan fingerprint density at radius 1 is 1.23 bits per heavy atom. The Kier molecular flexibility index (Phi) is 4.12. The molecule has 0 radical (unpaired) electrons. The summed E-state index contributed by atoms with van der Waals surface area (Å²) in [6.07, 6.45) is -0.00222. The molecule has 1 saturated heterocycles. The fourth-order valence-corrected chi connectivity index (χ4v) is 1.63. The third-order valence-corrected chi connectivity index (χ3v) is 2.55. The summed E-state index contributed by atoms with van der Waals surface area (Å²) in [7, 11) is 5.00. The van der Waals surface area contributed by atoms with Crippen LogP contribution in [0, 0.1) is 0 Å². The van der Waals surface area contributed by atoms with Crippen molar-refractivity contribution in [2.24, 2.45) is 0 Å². The molecule has 0 aromatic heterocycles. The second-order valence-corrected chi connectivity index (χ2v) is 3.21. The molecule has 0 amide bonds. The Hall–Kier alpha value is -0.160. The van der Waals surface area contributed by atoms with Crippen LogP contribution in [0.2, 0.25) is 0 Å². The Morgan fingerprint density at radius 2 is 1.92 bits per heavy atom. The molecule has 1 aliphatic rings. The van der Waals surface area contributed by atoms with E-state index in [0.717, 1.165) is 0 Å². The minimum Gasteiger partial charge on any atom is -0.379 e. The number of rotatable bonds is 4. The minimum atomic E-state index is -0.0278. The fraction of sp³-hybridized carbons (Fsp3) is 1.00. The number of hydrogen-bond acceptors (Lipinski definition) is 4. The van der Waals surface area contributed by atoms with E-state index in [9.17, 15) is 0 Å². The molecule has 1 aliphatic heterocycles. The molecule has 0 aliphatic carbocycles. The van der Waals surface area contributed by atoms with E-state index in [2.05, 4.69) is 0 Å². The van der Waals surface area contributed by atoms with Crippen molar-refractivity contribution in [3.63, 3.8) is 0 Å². The monoisotopic (exact) mass is 190 g/mol. The van der Waals surface area contributed by atoms with E-state index in [1.54, 1.807) is 21.3 Å². The van der Waals surface area contributed by atoms with Gasteiger partial charge < -0.3 is 18.9 Å². The second kappa shape index (κ2) is 4.91. The summed E-state index contributed by atoms with van der Waals surface area (Å²) in [4.78, 5) is 0. The van der Waals surface area contributed by atoms with Crippen molar-refractivity contribution in [2.75, 3.05) is 27.9 Å². The maximum Gasteiger partial charge on any atom is 0.114 e. The van der Waals surface area contributed by atoms with Crippen LogP contribution in [-0.2, 0) is 18.9 Å². The van der Waals surface area contributed by atoms with Gasteiger partial charge in [0.2, 0.25) is 0 Å². The highest BCUT2D eigenvalue weighted by molar-refractivity contribution is 4.88. The van der Waals surface area contributed by atoms with Crippen molar-refractivity contribution in [3.05, 3.63) is 0 Å². The predicted octanol–water partition coefficient (Wildman–Crippen LogP) is 0.450. The zero-order valence-corrected chi connectivity index (χ0v) is 8.65. The van der Waals surface area contributed by atoms with Gasteiger partial charge in [0.25, 0.3) is 0 Å². The third-order valence-electron chi connectivity index (χ3n) is 2.55. The minimum absolute atomic E-state index is 0.0209. The lowest BCUT2D eigenvalue weighted by Crippen LogP contribution is -2.40. The SMILES string of the molecule is COC(C)C1OCC(OC)C1OC. The smallest absolute Gasteiger partial charge is 0.114 e. The number of methoxy groups -OCH3 is 3. The Labute approximate surface area is 79.1 Å². The highest BCUT2D eigenvalue weighted by atomic mass is 16.6. The summed E-state index contributed by atoms with van der Waals surface area (Å²) in [6.45, 7) is 2.54. The van der Waals surface area contributed by atoms with E-state index in [1.165, 1.54) is 0 Å². The first kappa shape index (κ1) is 10.9. The van der Waals surface area contributed by atoms with E-state index < -0.39 is 0 Å². The molecule has 1 rings (SSSR count). The van der Waals surface area contributed by atoms with E-state index in [1.807, 2.05) is 6.92 Å². The van der Waals surface area contributed by atoms with Crippen LogP contribution in [0.1, 0.15) is 6.92 Å². The van der Waals surface area contributed by atoms with Gasteiger partial charge in [0.1, 0.15) is 18.3 Å². The average molecular weight is 190 g/mol. The average Bonchev–Trinajstić information content (AvgIpc) is 2.58. The molecule has 0 bridgehead atoms. The van der Waals surface area contributed by atoms with Crippen LogP contribution in [0.3, 0.4) is 0 Å². The summed E-state index contributed by atoms with van der Waals surface area (Å²) in [6, 6.07) is 0. The van der Waals surface area contributed by atoms with Crippen LogP contribution < -0.4 is 0 Å². The first-order valence-corrected chi connectivity index (χ1v) is 4.44. The summed E-state index contributed by atoms with van der Waals surface area (Å²) < 4.78 is 21.3. The molecule has 0 spiro atoms. The molecule has 0 aromatic rings. The van der Waals surface area contributed by atoms with Gasteiger partial charge >= 0.3 is 0 Å². The molecular weight excluding hydrogens is 172 g/mol. The molecule has 4 atom stereocenters. The van der Waals surface area contributed by atoms with Gasteiger partial charge in [0.15, 0.2) is 0 Å².